The van der Waals surface area contributed by atoms with E-state index in [0.717, 1.165) is 6.08 Å². The molecule has 0 spiro atoms. The number of alkyl halides is 1. The molecule has 0 saturated carbocycles. The maximum atomic E-state index is 12.0. The molecule has 58 valence electrons. The van der Waals surface area contributed by atoms with E-state index in [-0.39, 0.29) is 9.96 Å². The summed E-state index contributed by atoms with van der Waals surface area (Å²) in [5.74, 6) is -0.864. The monoisotopic (exact) mass is 257 g/mol. The van der Waals surface area contributed by atoms with Crippen LogP contribution >= 0.6 is 22.6 Å². The van der Waals surface area contributed by atoms with Gasteiger partial charge in [0.15, 0.2) is 0 Å². The number of amides is 1. The van der Waals surface area contributed by atoms with Gasteiger partial charge in [-0.05, 0) is 13.8 Å². The van der Waals surface area contributed by atoms with Crippen molar-refractivity contribution in [1.29, 1.82) is 0 Å². The van der Waals surface area contributed by atoms with E-state index in [1.165, 1.54) is 6.92 Å². The van der Waals surface area contributed by atoms with Crippen molar-refractivity contribution in [1.82, 2.24) is 5.32 Å². The minimum atomic E-state index is -0.477. The van der Waals surface area contributed by atoms with E-state index < -0.39 is 5.83 Å². The van der Waals surface area contributed by atoms with E-state index in [9.17, 15) is 9.18 Å². The Kier molecular flexibility index (Phi) is 4.59. The summed E-state index contributed by atoms with van der Waals surface area (Å²) in [6, 6.07) is 0. The van der Waals surface area contributed by atoms with Gasteiger partial charge in [-0.2, -0.15) is 0 Å². The van der Waals surface area contributed by atoms with Crippen LogP contribution in [-0.4, -0.2) is 9.96 Å². The zero-order valence-corrected chi connectivity index (χ0v) is 7.98. The number of hydrogen-bond acceptors (Lipinski definition) is 1. The topological polar surface area (TPSA) is 29.1 Å². The molecule has 0 aromatic rings. The largest absolute Gasteiger partial charge is 0.341 e. The van der Waals surface area contributed by atoms with Gasteiger partial charge in [0.1, 0.15) is 5.83 Å². The van der Waals surface area contributed by atoms with Crippen LogP contribution in [0.25, 0.3) is 0 Å². The minimum Gasteiger partial charge on any atom is -0.341 e. The van der Waals surface area contributed by atoms with Crippen molar-refractivity contribution < 1.29 is 9.18 Å². The number of rotatable bonds is 2. The Morgan fingerprint density at radius 3 is 2.60 bits per heavy atom. The average molecular weight is 257 g/mol. The lowest BCUT2D eigenvalue weighted by atomic mass is 10.5. The number of halogens is 2. The van der Waals surface area contributed by atoms with Gasteiger partial charge in [0.05, 0.1) is 4.05 Å². The summed E-state index contributed by atoms with van der Waals surface area (Å²) in [6.45, 7) is 3.04. The van der Waals surface area contributed by atoms with Crippen molar-refractivity contribution in [3.05, 3.63) is 11.9 Å². The van der Waals surface area contributed by atoms with Crippen LogP contribution in [0.4, 0.5) is 4.39 Å². The van der Waals surface area contributed by atoms with Gasteiger partial charge in [0, 0.05) is 6.08 Å². The number of carbonyl (C=O) groups excluding carboxylic acids is 1. The molecule has 0 aliphatic heterocycles. The molecular formula is C6H9FINO. The molecule has 2 nitrogen and oxygen atoms in total. The first-order chi connectivity index (χ1) is 4.52. The average Bonchev–Trinajstić information content (AvgIpc) is 1.58. The molecule has 0 aromatic heterocycles. The Hall–Kier alpha value is -0.130. The Morgan fingerprint density at radius 1 is 1.80 bits per heavy atom. The molecule has 0 aliphatic carbocycles. The molecule has 1 amide bonds. The molecule has 0 aromatic carbocycles. The Labute approximate surface area is 73.0 Å². The van der Waals surface area contributed by atoms with Gasteiger partial charge in [0.2, 0.25) is 5.91 Å². The van der Waals surface area contributed by atoms with Crippen molar-refractivity contribution in [3.63, 3.8) is 0 Å². The Bertz CT molecular complexity index is 152. The fourth-order valence-electron chi connectivity index (χ4n) is 0.418. The SMILES string of the molecule is C/C(F)=C\C(=O)NC(C)I. The van der Waals surface area contributed by atoms with Crippen molar-refractivity contribution in [3.8, 4) is 0 Å². The quantitative estimate of drug-likeness (QED) is 0.347. The number of nitrogens with one attached hydrogen (secondary N) is 1. The van der Waals surface area contributed by atoms with Crippen LogP contribution in [0.15, 0.2) is 11.9 Å². The van der Waals surface area contributed by atoms with E-state index in [2.05, 4.69) is 5.32 Å². The van der Waals surface area contributed by atoms with Crippen LogP contribution in [0.5, 0.6) is 0 Å². The summed E-state index contributed by atoms with van der Waals surface area (Å²) in [4.78, 5) is 10.6. The van der Waals surface area contributed by atoms with Crippen LogP contribution in [-0.2, 0) is 4.79 Å². The first kappa shape index (κ1) is 9.87. The fraction of sp³-hybridized carbons (Fsp3) is 0.500. The minimum absolute atomic E-state index is 0.0284. The standard InChI is InChI=1S/C6H9FINO/c1-4(7)3-6(10)9-5(2)8/h3,5H,1-2H3,(H,9,10)/b4-3+. The lowest BCUT2D eigenvalue weighted by Crippen LogP contribution is -2.26. The molecule has 0 saturated heterocycles. The molecule has 1 N–H and O–H groups in total. The van der Waals surface area contributed by atoms with Crippen molar-refractivity contribution in [2.24, 2.45) is 0 Å². The highest BCUT2D eigenvalue weighted by Crippen LogP contribution is 1.95. The second kappa shape index (κ2) is 4.65. The fourth-order valence-corrected chi connectivity index (χ4v) is 0.725. The van der Waals surface area contributed by atoms with Gasteiger partial charge in [0.25, 0.3) is 0 Å². The number of allylic oxidation sites excluding steroid dienone is 1. The highest BCUT2D eigenvalue weighted by molar-refractivity contribution is 14.1. The molecule has 10 heavy (non-hydrogen) atoms. The maximum absolute atomic E-state index is 12.0. The first-order valence-corrected chi connectivity index (χ1v) is 4.05. The van der Waals surface area contributed by atoms with Crippen molar-refractivity contribution in [2.45, 2.75) is 17.9 Å². The Balaban J connectivity index is 3.76. The van der Waals surface area contributed by atoms with Gasteiger partial charge in [-0.1, -0.05) is 22.6 Å². The van der Waals surface area contributed by atoms with Crippen LogP contribution < -0.4 is 5.32 Å². The van der Waals surface area contributed by atoms with Gasteiger partial charge in [-0.3, -0.25) is 4.79 Å². The second-order valence-corrected chi connectivity index (χ2v) is 3.72. The summed E-state index contributed by atoms with van der Waals surface area (Å²) < 4.78 is 12.0. The zero-order chi connectivity index (χ0) is 8.15. The molecule has 0 heterocycles. The first-order valence-electron chi connectivity index (χ1n) is 2.80. The van der Waals surface area contributed by atoms with Crippen molar-refractivity contribution in [2.75, 3.05) is 0 Å². The Morgan fingerprint density at radius 2 is 2.30 bits per heavy atom. The zero-order valence-electron chi connectivity index (χ0n) is 5.82. The van der Waals surface area contributed by atoms with Crippen LogP contribution in [0.1, 0.15) is 13.8 Å². The van der Waals surface area contributed by atoms with E-state index in [1.807, 2.05) is 22.6 Å². The summed E-state index contributed by atoms with van der Waals surface area (Å²) in [6.07, 6.45) is 0.926. The predicted octanol–water partition coefficient (Wildman–Crippen LogP) is 1.76. The molecule has 0 rings (SSSR count). The second-order valence-electron chi connectivity index (χ2n) is 1.86. The maximum Gasteiger partial charge on any atom is 0.247 e. The van der Waals surface area contributed by atoms with E-state index in [1.54, 1.807) is 6.92 Å². The summed E-state index contributed by atoms with van der Waals surface area (Å²) in [5, 5.41) is 2.51. The lowest BCUT2D eigenvalue weighted by Gasteiger charge is -2.01. The van der Waals surface area contributed by atoms with Gasteiger partial charge in [-0.15, -0.1) is 0 Å². The number of hydrogen-bond donors (Lipinski definition) is 1. The highest BCUT2D eigenvalue weighted by atomic mass is 127. The summed E-state index contributed by atoms with van der Waals surface area (Å²) >= 11 is 2.02. The van der Waals surface area contributed by atoms with E-state index >= 15 is 0 Å². The summed E-state index contributed by atoms with van der Waals surface area (Å²) in [5.41, 5.74) is 0. The smallest absolute Gasteiger partial charge is 0.247 e. The van der Waals surface area contributed by atoms with Gasteiger partial charge in [-0.25, -0.2) is 4.39 Å². The molecule has 1 atom stereocenters. The highest BCUT2D eigenvalue weighted by Gasteiger charge is 1.99. The molecule has 4 heteroatoms. The van der Waals surface area contributed by atoms with E-state index in [4.69, 9.17) is 0 Å². The summed E-state index contributed by atoms with van der Waals surface area (Å²) in [7, 11) is 0. The third-order valence-corrected chi connectivity index (χ3v) is 0.983. The molecule has 0 radical (unpaired) electrons. The van der Waals surface area contributed by atoms with Crippen LogP contribution in [0.3, 0.4) is 0 Å². The molecule has 0 aliphatic rings. The van der Waals surface area contributed by atoms with Gasteiger partial charge < -0.3 is 5.32 Å². The molecular weight excluding hydrogens is 248 g/mol. The molecule has 0 bridgehead atoms. The third-order valence-electron chi connectivity index (χ3n) is 0.671. The van der Waals surface area contributed by atoms with Gasteiger partial charge >= 0.3 is 0 Å². The normalized spacial score (nSPS) is 14.6. The lowest BCUT2D eigenvalue weighted by molar-refractivity contribution is -0.116. The van der Waals surface area contributed by atoms with E-state index in [0.29, 0.717) is 0 Å². The third kappa shape index (κ3) is 6.00. The predicted molar refractivity (Wildman–Crippen MR) is 46.5 cm³/mol. The van der Waals surface area contributed by atoms with Crippen molar-refractivity contribution >= 4 is 28.5 Å². The van der Waals surface area contributed by atoms with Crippen LogP contribution in [0, 0.1) is 0 Å². The van der Waals surface area contributed by atoms with Crippen LogP contribution in [0.2, 0.25) is 0 Å². The molecule has 1 unspecified atom stereocenters. The molecule has 0 fully saturated rings. The number of carbonyl (C=O) groups is 1.